The number of alkyl halides is 3. The van der Waals surface area contributed by atoms with E-state index in [9.17, 15) is 22.0 Å². The molecular weight excluding hydrogens is 530 g/mol. The summed E-state index contributed by atoms with van der Waals surface area (Å²) in [4.78, 5) is 0. The molecular formula is C22H23BBrF5O5. The Kier molecular flexibility index (Phi) is 8.29. The van der Waals surface area contributed by atoms with Gasteiger partial charge in [-0.25, -0.2) is 8.78 Å². The summed E-state index contributed by atoms with van der Waals surface area (Å²) in [5, 5.41) is 17.2. The predicted octanol–water partition coefficient (Wildman–Crippen LogP) is 4.42. The van der Waals surface area contributed by atoms with Crippen LogP contribution in [0.4, 0.5) is 22.0 Å². The summed E-state index contributed by atoms with van der Waals surface area (Å²) in [6.07, 6.45) is -1.40. The van der Waals surface area contributed by atoms with E-state index in [1.54, 1.807) is 0 Å². The monoisotopic (exact) mass is 552 g/mol. The molecule has 0 atom stereocenters. The van der Waals surface area contributed by atoms with Gasteiger partial charge in [0.1, 0.15) is 0 Å². The van der Waals surface area contributed by atoms with Crippen LogP contribution in [-0.4, -0.2) is 43.2 Å². The van der Waals surface area contributed by atoms with Crippen LogP contribution >= 0.6 is 15.9 Å². The number of hydrogen-bond acceptors (Lipinski definition) is 5. The van der Waals surface area contributed by atoms with Crippen molar-refractivity contribution in [3.63, 3.8) is 0 Å². The third kappa shape index (κ3) is 6.28. The Bertz CT molecular complexity index is 939. The fraction of sp³-hybridized carbons (Fsp3) is 0.455. The summed E-state index contributed by atoms with van der Waals surface area (Å²) in [6.45, 7) is 2.05. The Morgan fingerprint density at radius 3 is 2.00 bits per heavy atom. The molecule has 0 radical (unpaired) electrons. The molecule has 0 unspecified atom stereocenters. The van der Waals surface area contributed by atoms with Crippen molar-refractivity contribution in [2.45, 2.75) is 38.1 Å². The van der Waals surface area contributed by atoms with Crippen molar-refractivity contribution in [1.29, 1.82) is 0 Å². The van der Waals surface area contributed by atoms with Crippen LogP contribution in [0.1, 0.15) is 31.7 Å². The standard InChI is InChI=1S/C14H17BrO2.C8H6BF5O3/c1-2-13-7-8-14(16-9-13,17-10-13)11-3-5-12(15)6-4-11;10-5-1-4(9(15)16)2-6(11)7(5)17-3-8(12,13)14/h3-6H,2,7-10H2,1H3;1-2,15-16H,3H2. The molecule has 3 heterocycles. The second-order valence-electron chi connectivity index (χ2n) is 8.28. The van der Waals surface area contributed by atoms with Gasteiger partial charge in [-0.3, -0.25) is 0 Å². The predicted molar refractivity (Wildman–Crippen MR) is 117 cm³/mol. The summed E-state index contributed by atoms with van der Waals surface area (Å²) < 4.78 is 78.6. The topological polar surface area (TPSA) is 68.2 Å². The lowest BCUT2D eigenvalue weighted by atomic mass is 9.75. The molecule has 3 saturated heterocycles. The van der Waals surface area contributed by atoms with Crippen molar-refractivity contribution in [3.8, 4) is 5.75 Å². The number of hydrogen-bond donors (Lipinski definition) is 2. The lowest BCUT2D eigenvalue weighted by Gasteiger charge is -2.52. The maximum atomic E-state index is 13.1. The minimum Gasteiger partial charge on any atom is -0.478 e. The number of benzene rings is 2. The quantitative estimate of drug-likeness (QED) is 0.424. The molecule has 2 N–H and O–H groups in total. The number of rotatable bonds is 5. The second kappa shape index (κ2) is 10.5. The van der Waals surface area contributed by atoms with Crippen LogP contribution in [0.3, 0.4) is 0 Å². The van der Waals surface area contributed by atoms with Crippen LogP contribution in [0.2, 0.25) is 0 Å². The molecule has 0 saturated carbocycles. The van der Waals surface area contributed by atoms with Gasteiger partial charge in [-0.05, 0) is 42.6 Å². The first-order valence-electron chi connectivity index (χ1n) is 10.5. The molecule has 2 aromatic carbocycles. The molecule has 34 heavy (non-hydrogen) atoms. The van der Waals surface area contributed by atoms with Gasteiger partial charge in [0.25, 0.3) is 0 Å². The molecule has 0 aliphatic carbocycles. The molecule has 3 aliphatic rings. The highest BCUT2D eigenvalue weighted by molar-refractivity contribution is 9.10. The van der Waals surface area contributed by atoms with Gasteiger partial charge in [-0.15, -0.1) is 0 Å². The third-order valence-corrected chi connectivity index (χ3v) is 6.47. The van der Waals surface area contributed by atoms with E-state index in [0.29, 0.717) is 12.1 Å². The maximum absolute atomic E-state index is 13.1. The lowest BCUT2D eigenvalue weighted by molar-refractivity contribution is -0.350. The second-order valence-corrected chi connectivity index (χ2v) is 9.20. The Morgan fingerprint density at radius 2 is 1.59 bits per heavy atom. The van der Waals surface area contributed by atoms with Gasteiger partial charge in [0.15, 0.2) is 29.8 Å². The molecule has 186 valence electrons. The SMILES string of the molecule is CCC12CCC(c3ccc(Br)cc3)(OC1)OC2.OB(O)c1cc(F)c(OCC(F)(F)F)c(F)c1. The van der Waals surface area contributed by atoms with E-state index in [1.165, 1.54) is 6.42 Å². The van der Waals surface area contributed by atoms with Crippen LogP contribution < -0.4 is 10.2 Å². The van der Waals surface area contributed by atoms with Gasteiger partial charge in [0.2, 0.25) is 0 Å². The summed E-state index contributed by atoms with van der Waals surface area (Å²) in [5.74, 6) is -4.58. The highest BCUT2D eigenvalue weighted by Gasteiger charge is 2.51. The molecule has 0 aromatic heterocycles. The van der Waals surface area contributed by atoms with Crippen molar-refractivity contribution in [2.75, 3.05) is 19.8 Å². The summed E-state index contributed by atoms with van der Waals surface area (Å²) in [7, 11) is -2.13. The molecule has 3 aliphatic heterocycles. The van der Waals surface area contributed by atoms with Crippen molar-refractivity contribution >= 4 is 28.5 Å². The van der Waals surface area contributed by atoms with Crippen LogP contribution in [0.15, 0.2) is 40.9 Å². The molecule has 2 aromatic rings. The van der Waals surface area contributed by atoms with Crippen molar-refractivity contribution in [2.24, 2.45) is 5.41 Å². The van der Waals surface area contributed by atoms with E-state index < -0.39 is 48.5 Å². The normalized spacial score (nSPS) is 23.8. The molecule has 3 fully saturated rings. The first-order chi connectivity index (χ1) is 15.9. The van der Waals surface area contributed by atoms with Gasteiger partial charge in [-0.1, -0.05) is 35.0 Å². The Balaban J connectivity index is 0.000000191. The molecule has 2 bridgehead atoms. The van der Waals surface area contributed by atoms with E-state index in [2.05, 4.69) is 39.7 Å². The van der Waals surface area contributed by atoms with Gasteiger partial charge < -0.3 is 24.3 Å². The van der Waals surface area contributed by atoms with E-state index in [1.807, 2.05) is 12.1 Å². The average Bonchev–Trinajstić information content (AvgIpc) is 2.79. The van der Waals surface area contributed by atoms with E-state index >= 15 is 0 Å². The van der Waals surface area contributed by atoms with Crippen LogP contribution in [0, 0.1) is 17.0 Å². The molecule has 0 amide bonds. The van der Waals surface area contributed by atoms with Gasteiger partial charge >= 0.3 is 13.3 Å². The highest BCUT2D eigenvalue weighted by atomic mass is 79.9. The summed E-state index contributed by atoms with van der Waals surface area (Å²) in [6, 6.07) is 9.22. The van der Waals surface area contributed by atoms with Crippen molar-refractivity contribution in [1.82, 2.24) is 0 Å². The van der Waals surface area contributed by atoms with E-state index in [4.69, 9.17) is 19.5 Å². The third-order valence-electron chi connectivity index (χ3n) is 5.94. The van der Waals surface area contributed by atoms with Crippen molar-refractivity contribution in [3.05, 3.63) is 58.1 Å². The minimum absolute atomic E-state index is 0.275. The van der Waals surface area contributed by atoms with Gasteiger partial charge in [0.05, 0.1) is 13.2 Å². The molecule has 5 nitrogen and oxygen atoms in total. The summed E-state index contributed by atoms with van der Waals surface area (Å²) >= 11 is 3.46. The molecule has 12 heteroatoms. The largest absolute Gasteiger partial charge is 0.488 e. The zero-order chi connectivity index (χ0) is 25.1. The minimum atomic E-state index is -4.73. The smallest absolute Gasteiger partial charge is 0.478 e. The maximum Gasteiger partial charge on any atom is 0.488 e. The van der Waals surface area contributed by atoms with Crippen LogP contribution in [0.25, 0.3) is 0 Å². The number of halogens is 6. The Labute approximate surface area is 202 Å². The number of fused-ring (bicyclic) bond motifs is 3. The Hall–Kier alpha value is -1.73. The molecule has 5 rings (SSSR count). The first kappa shape index (κ1) is 26.9. The number of ether oxygens (including phenoxy) is 3. The lowest BCUT2D eigenvalue weighted by Crippen LogP contribution is -2.53. The van der Waals surface area contributed by atoms with Crippen LogP contribution in [0.5, 0.6) is 5.75 Å². The fourth-order valence-electron chi connectivity index (χ4n) is 3.76. The zero-order valence-electron chi connectivity index (χ0n) is 18.2. The van der Waals surface area contributed by atoms with Crippen LogP contribution in [-0.2, 0) is 15.3 Å². The Morgan fingerprint density at radius 1 is 1.03 bits per heavy atom. The molecule has 0 spiro atoms. The fourth-order valence-corrected chi connectivity index (χ4v) is 4.02. The zero-order valence-corrected chi connectivity index (χ0v) is 19.8. The van der Waals surface area contributed by atoms with Gasteiger partial charge in [0, 0.05) is 21.9 Å². The summed E-state index contributed by atoms with van der Waals surface area (Å²) in [5.41, 5.74) is 0.890. The van der Waals surface area contributed by atoms with Gasteiger partial charge in [-0.2, -0.15) is 13.2 Å². The average molecular weight is 553 g/mol. The van der Waals surface area contributed by atoms with Crippen molar-refractivity contribution < 1.29 is 46.2 Å². The highest BCUT2D eigenvalue weighted by Crippen LogP contribution is 2.50. The van der Waals surface area contributed by atoms with E-state index in [0.717, 1.165) is 36.1 Å². The first-order valence-corrected chi connectivity index (χ1v) is 11.3. The van der Waals surface area contributed by atoms with E-state index in [-0.39, 0.29) is 5.41 Å².